The smallest absolute Gasteiger partial charge is 0.150 e. The molecule has 0 bridgehead atoms. The van der Waals surface area contributed by atoms with Crippen molar-refractivity contribution in [1.82, 2.24) is 0 Å². The van der Waals surface area contributed by atoms with Crippen LogP contribution in [0.5, 0.6) is 0 Å². The van der Waals surface area contributed by atoms with E-state index in [9.17, 15) is 8.42 Å². The van der Waals surface area contributed by atoms with Gasteiger partial charge in [0, 0.05) is 17.3 Å². The molecule has 0 aliphatic rings. The molecule has 2 N–H and O–H groups in total. The van der Waals surface area contributed by atoms with Gasteiger partial charge in [-0.05, 0) is 0 Å². The summed E-state index contributed by atoms with van der Waals surface area (Å²) in [5.74, 6) is 1.17. The van der Waals surface area contributed by atoms with Crippen LogP contribution in [-0.2, 0) is 9.84 Å². The van der Waals surface area contributed by atoms with Crippen molar-refractivity contribution < 1.29 is 18.6 Å². The van der Waals surface area contributed by atoms with E-state index < -0.39 is 15.9 Å². The molecule has 1 atom stereocenters. The summed E-state index contributed by atoms with van der Waals surface area (Å²) < 4.78 is 22.0. The zero-order valence-corrected chi connectivity index (χ0v) is 9.27. The van der Waals surface area contributed by atoms with Crippen molar-refractivity contribution in [3.05, 3.63) is 0 Å². The topological polar surface area (TPSA) is 74.6 Å². The molecule has 0 saturated carbocycles. The van der Waals surface area contributed by atoms with Gasteiger partial charge < -0.3 is 10.2 Å². The van der Waals surface area contributed by atoms with Crippen LogP contribution in [0.4, 0.5) is 0 Å². The third-order valence-electron chi connectivity index (χ3n) is 1.50. The Morgan fingerprint density at radius 1 is 1.46 bits per heavy atom. The van der Waals surface area contributed by atoms with E-state index in [1.54, 1.807) is 6.92 Å². The monoisotopic (exact) mass is 228 g/mol. The second-order valence-electron chi connectivity index (χ2n) is 2.65. The lowest BCUT2D eigenvalue weighted by molar-refractivity contribution is 0.113. The lowest BCUT2D eigenvalue weighted by Gasteiger charge is -2.05. The van der Waals surface area contributed by atoms with Crippen molar-refractivity contribution in [2.75, 3.05) is 29.6 Å². The number of aliphatic hydroxyl groups excluding tert-OH is 2. The van der Waals surface area contributed by atoms with Gasteiger partial charge in [-0.2, -0.15) is 11.8 Å². The molecular weight excluding hydrogens is 212 g/mol. The third-order valence-corrected chi connectivity index (χ3v) is 4.58. The van der Waals surface area contributed by atoms with Gasteiger partial charge in [0.25, 0.3) is 0 Å². The summed E-state index contributed by atoms with van der Waals surface area (Å²) in [5.41, 5.74) is 0. The van der Waals surface area contributed by atoms with Crippen molar-refractivity contribution in [2.45, 2.75) is 13.0 Å². The van der Waals surface area contributed by atoms with Crippen molar-refractivity contribution in [2.24, 2.45) is 0 Å². The van der Waals surface area contributed by atoms with Gasteiger partial charge >= 0.3 is 0 Å². The molecule has 4 nitrogen and oxygen atoms in total. The number of rotatable bonds is 7. The van der Waals surface area contributed by atoms with E-state index in [1.807, 2.05) is 0 Å². The Hall–Kier alpha value is 0.220. The average molecular weight is 228 g/mol. The SMILES string of the molecule is CCS(=O)(=O)CCSCC(O)CO. The van der Waals surface area contributed by atoms with E-state index in [-0.39, 0.29) is 18.1 Å². The van der Waals surface area contributed by atoms with Crippen LogP contribution in [0, 0.1) is 0 Å². The predicted molar refractivity (Wildman–Crippen MR) is 54.7 cm³/mol. The standard InChI is InChI=1S/C7H16O4S2/c1-2-13(10,11)4-3-12-6-7(9)5-8/h7-9H,2-6H2,1H3. The highest BCUT2D eigenvalue weighted by atomic mass is 32.2. The summed E-state index contributed by atoms with van der Waals surface area (Å²) >= 11 is 1.34. The van der Waals surface area contributed by atoms with Crippen molar-refractivity contribution in [1.29, 1.82) is 0 Å². The van der Waals surface area contributed by atoms with Crippen molar-refractivity contribution >= 4 is 21.6 Å². The lowest BCUT2D eigenvalue weighted by atomic mass is 10.4. The van der Waals surface area contributed by atoms with Crippen LogP contribution in [0.2, 0.25) is 0 Å². The first-order valence-electron chi connectivity index (χ1n) is 4.09. The summed E-state index contributed by atoms with van der Waals surface area (Å²) in [4.78, 5) is 0. The minimum atomic E-state index is -2.89. The number of aliphatic hydroxyl groups is 2. The maximum absolute atomic E-state index is 11.0. The number of hydrogen-bond donors (Lipinski definition) is 2. The molecule has 0 aliphatic heterocycles. The summed E-state index contributed by atoms with van der Waals surface area (Å²) in [6.07, 6.45) is -0.741. The van der Waals surface area contributed by atoms with Gasteiger partial charge in [0.15, 0.2) is 9.84 Å². The van der Waals surface area contributed by atoms with Crippen molar-refractivity contribution in [3.8, 4) is 0 Å². The summed E-state index contributed by atoms with van der Waals surface area (Å²) in [7, 11) is -2.89. The molecule has 80 valence electrons. The van der Waals surface area contributed by atoms with E-state index in [2.05, 4.69) is 0 Å². The molecule has 0 heterocycles. The number of thioether (sulfide) groups is 1. The Morgan fingerprint density at radius 2 is 2.08 bits per heavy atom. The molecule has 0 aliphatic carbocycles. The molecule has 0 aromatic rings. The Labute approximate surface area is 83.3 Å². The summed E-state index contributed by atoms with van der Waals surface area (Å²) in [5, 5.41) is 17.4. The first-order chi connectivity index (χ1) is 6.02. The normalized spacial score (nSPS) is 14.4. The van der Waals surface area contributed by atoms with E-state index in [4.69, 9.17) is 10.2 Å². The highest BCUT2D eigenvalue weighted by Gasteiger charge is 2.07. The summed E-state index contributed by atoms with van der Waals surface area (Å²) in [6, 6.07) is 0. The van der Waals surface area contributed by atoms with Crippen LogP contribution in [0.1, 0.15) is 6.92 Å². The highest BCUT2D eigenvalue weighted by molar-refractivity contribution is 8.00. The fourth-order valence-corrected chi connectivity index (χ4v) is 2.92. The van der Waals surface area contributed by atoms with Crippen LogP contribution < -0.4 is 0 Å². The molecule has 0 aromatic heterocycles. The van der Waals surface area contributed by atoms with Gasteiger partial charge in [-0.1, -0.05) is 6.92 Å². The third kappa shape index (κ3) is 7.30. The van der Waals surface area contributed by atoms with Crippen LogP contribution in [0.15, 0.2) is 0 Å². The molecule has 1 unspecified atom stereocenters. The fourth-order valence-electron chi connectivity index (χ4n) is 0.602. The van der Waals surface area contributed by atoms with E-state index in [0.717, 1.165) is 0 Å². The molecular formula is C7H16O4S2. The largest absolute Gasteiger partial charge is 0.394 e. The Morgan fingerprint density at radius 3 is 2.54 bits per heavy atom. The zero-order valence-electron chi connectivity index (χ0n) is 7.64. The minimum absolute atomic E-state index is 0.145. The molecule has 13 heavy (non-hydrogen) atoms. The van der Waals surface area contributed by atoms with E-state index in [1.165, 1.54) is 11.8 Å². The quantitative estimate of drug-likeness (QED) is 0.575. The van der Waals surface area contributed by atoms with Gasteiger partial charge in [0.05, 0.1) is 18.5 Å². The molecule has 0 rings (SSSR count). The van der Waals surface area contributed by atoms with Crippen LogP contribution in [-0.4, -0.2) is 54.4 Å². The van der Waals surface area contributed by atoms with Crippen LogP contribution in [0.25, 0.3) is 0 Å². The minimum Gasteiger partial charge on any atom is -0.394 e. The van der Waals surface area contributed by atoms with Gasteiger partial charge in [-0.25, -0.2) is 8.42 Å². The first-order valence-corrected chi connectivity index (χ1v) is 7.06. The van der Waals surface area contributed by atoms with Gasteiger partial charge in [-0.15, -0.1) is 0 Å². The highest BCUT2D eigenvalue weighted by Crippen LogP contribution is 2.04. The molecule has 6 heteroatoms. The lowest BCUT2D eigenvalue weighted by Crippen LogP contribution is -2.17. The van der Waals surface area contributed by atoms with Gasteiger partial charge in [0.2, 0.25) is 0 Å². The first kappa shape index (κ1) is 13.2. The molecule has 0 radical (unpaired) electrons. The maximum atomic E-state index is 11.0. The molecule has 0 spiro atoms. The van der Waals surface area contributed by atoms with Crippen molar-refractivity contribution in [3.63, 3.8) is 0 Å². The zero-order chi connectivity index (χ0) is 10.3. The Bertz CT molecular complexity index is 213. The second kappa shape index (κ2) is 6.64. The molecule has 0 fully saturated rings. The average Bonchev–Trinajstić information content (AvgIpc) is 2.12. The van der Waals surface area contributed by atoms with E-state index in [0.29, 0.717) is 11.5 Å². The Balaban J connectivity index is 3.47. The predicted octanol–water partition coefficient (Wildman–Crippen LogP) is -0.492. The van der Waals surface area contributed by atoms with Crippen LogP contribution >= 0.6 is 11.8 Å². The second-order valence-corrected chi connectivity index (χ2v) is 6.27. The maximum Gasteiger partial charge on any atom is 0.150 e. The van der Waals surface area contributed by atoms with Gasteiger partial charge in [0.1, 0.15) is 0 Å². The van der Waals surface area contributed by atoms with Gasteiger partial charge in [-0.3, -0.25) is 0 Å². The fraction of sp³-hybridized carbons (Fsp3) is 1.00. The summed E-state index contributed by atoms with van der Waals surface area (Å²) in [6.45, 7) is 1.34. The van der Waals surface area contributed by atoms with E-state index >= 15 is 0 Å². The Kier molecular flexibility index (Phi) is 6.75. The van der Waals surface area contributed by atoms with Crippen LogP contribution in [0.3, 0.4) is 0 Å². The molecule has 0 saturated heterocycles. The number of sulfone groups is 1. The number of hydrogen-bond acceptors (Lipinski definition) is 5. The molecule has 0 aromatic carbocycles. The molecule has 0 amide bonds.